The average molecular weight is 292 g/mol. The summed E-state index contributed by atoms with van der Waals surface area (Å²) in [4.78, 5) is 5.95. The van der Waals surface area contributed by atoms with Gasteiger partial charge >= 0.3 is 0 Å². The van der Waals surface area contributed by atoms with Crippen LogP contribution < -0.4 is 0 Å². The molecule has 0 saturated carbocycles. The van der Waals surface area contributed by atoms with E-state index in [1.165, 1.54) is 15.3 Å². The molecule has 3 heterocycles. The van der Waals surface area contributed by atoms with E-state index in [9.17, 15) is 0 Å². The summed E-state index contributed by atoms with van der Waals surface area (Å²) in [5.74, 6) is 0. The van der Waals surface area contributed by atoms with Crippen molar-refractivity contribution in [2.75, 3.05) is 0 Å². The minimum absolute atomic E-state index is 0.759. The summed E-state index contributed by atoms with van der Waals surface area (Å²) in [6.07, 6.45) is 0. The number of aromatic nitrogens is 4. The van der Waals surface area contributed by atoms with Crippen LogP contribution >= 0.6 is 23.6 Å². The summed E-state index contributed by atoms with van der Waals surface area (Å²) in [6.45, 7) is 7.10. The molecule has 0 aliphatic rings. The quantitative estimate of drug-likeness (QED) is 0.735. The Morgan fingerprint density at radius 1 is 1.37 bits per heavy atom. The Hall–Kier alpha value is -1.40. The molecular formula is C13H16N4S2. The maximum atomic E-state index is 5.44. The lowest BCUT2D eigenvalue weighted by atomic mass is 10.3. The fraction of sp³-hybridized carbons (Fsp3) is 0.385. The van der Waals surface area contributed by atoms with Crippen molar-refractivity contribution in [3.05, 3.63) is 31.8 Å². The van der Waals surface area contributed by atoms with E-state index < -0.39 is 0 Å². The molecule has 0 bridgehead atoms. The zero-order valence-electron chi connectivity index (χ0n) is 11.4. The van der Waals surface area contributed by atoms with Crippen LogP contribution in [0.3, 0.4) is 0 Å². The molecule has 0 aliphatic heterocycles. The second-order valence-corrected chi connectivity index (χ2v) is 6.60. The number of imidazole rings is 1. The Morgan fingerprint density at radius 2 is 2.11 bits per heavy atom. The SMILES string of the molecule is Cc1cc(Cn2c(=S)[nH]c3c(C)nn(C)c32)sc1C. The van der Waals surface area contributed by atoms with Crippen LogP contribution in [0.2, 0.25) is 0 Å². The van der Waals surface area contributed by atoms with Crippen LogP contribution in [0, 0.1) is 25.5 Å². The van der Waals surface area contributed by atoms with E-state index in [-0.39, 0.29) is 0 Å². The number of aromatic amines is 1. The zero-order valence-corrected chi connectivity index (χ0v) is 13.1. The van der Waals surface area contributed by atoms with Gasteiger partial charge in [-0.15, -0.1) is 11.3 Å². The van der Waals surface area contributed by atoms with Crippen LogP contribution in [0.4, 0.5) is 0 Å². The van der Waals surface area contributed by atoms with Gasteiger partial charge in [-0.2, -0.15) is 5.10 Å². The van der Waals surface area contributed by atoms with Gasteiger partial charge in [0, 0.05) is 16.8 Å². The van der Waals surface area contributed by atoms with Gasteiger partial charge in [0.15, 0.2) is 10.4 Å². The molecule has 0 saturated heterocycles. The van der Waals surface area contributed by atoms with Crippen LogP contribution in [0.15, 0.2) is 6.07 Å². The van der Waals surface area contributed by atoms with Crippen LogP contribution in [0.1, 0.15) is 21.0 Å². The maximum absolute atomic E-state index is 5.44. The molecule has 3 aromatic rings. The van der Waals surface area contributed by atoms with E-state index in [1.54, 1.807) is 0 Å². The summed E-state index contributed by atoms with van der Waals surface area (Å²) in [5, 5.41) is 4.44. The molecule has 0 unspecified atom stereocenters. The van der Waals surface area contributed by atoms with Crippen LogP contribution in [0.25, 0.3) is 11.2 Å². The predicted molar refractivity (Wildman–Crippen MR) is 81.5 cm³/mol. The van der Waals surface area contributed by atoms with E-state index in [4.69, 9.17) is 12.2 Å². The van der Waals surface area contributed by atoms with Gasteiger partial charge in [0.25, 0.3) is 0 Å². The lowest BCUT2D eigenvalue weighted by Gasteiger charge is -2.02. The van der Waals surface area contributed by atoms with Crippen molar-refractivity contribution in [1.29, 1.82) is 0 Å². The van der Waals surface area contributed by atoms with Crippen molar-refractivity contribution in [1.82, 2.24) is 19.3 Å². The molecule has 100 valence electrons. The minimum atomic E-state index is 0.759. The highest BCUT2D eigenvalue weighted by Crippen LogP contribution is 2.24. The number of H-pyrrole nitrogens is 1. The molecule has 0 spiro atoms. The van der Waals surface area contributed by atoms with E-state index in [1.807, 2.05) is 30.0 Å². The lowest BCUT2D eigenvalue weighted by molar-refractivity contribution is 0.718. The first kappa shape index (κ1) is 12.6. The largest absolute Gasteiger partial charge is 0.328 e. The summed E-state index contributed by atoms with van der Waals surface area (Å²) in [6, 6.07) is 2.24. The molecule has 3 aromatic heterocycles. The summed E-state index contributed by atoms with van der Waals surface area (Å²) < 4.78 is 4.77. The second kappa shape index (κ2) is 4.31. The van der Waals surface area contributed by atoms with Gasteiger partial charge in [-0.25, -0.2) is 0 Å². The molecule has 3 rings (SSSR count). The van der Waals surface area contributed by atoms with Crippen LogP contribution in [-0.4, -0.2) is 19.3 Å². The molecule has 19 heavy (non-hydrogen) atoms. The molecule has 0 radical (unpaired) electrons. The van der Waals surface area contributed by atoms with Gasteiger partial charge in [0.05, 0.1) is 12.2 Å². The fourth-order valence-electron chi connectivity index (χ4n) is 2.40. The van der Waals surface area contributed by atoms with Gasteiger partial charge in [0.1, 0.15) is 5.52 Å². The number of nitrogens with zero attached hydrogens (tertiary/aromatic N) is 3. The first-order valence-corrected chi connectivity index (χ1v) is 7.38. The third-order valence-corrected chi connectivity index (χ3v) is 4.92. The summed E-state index contributed by atoms with van der Waals surface area (Å²) >= 11 is 7.27. The third kappa shape index (κ3) is 1.95. The number of rotatable bonds is 2. The van der Waals surface area contributed by atoms with E-state index in [0.717, 1.165) is 28.2 Å². The monoisotopic (exact) mass is 292 g/mol. The molecule has 0 aliphatic carbocycles. The van der Waals surface area contributed by atoms with Crippen LogP contribution in [0.5, 0.6) is 0 Å². The normalized spacial score (nSPS) is 11.6. The van der Waals surface area contributed by atoms with Gasteiger partial charge in [-0.05, 0) is 44.6 Å². The topological polar surface area (TPSA) is 38.5 Å². The number of nitrogens with one attached hydrogen (secondary N) is 1. The van der Waals surface area contributed by atoms with Gasteiger partial charge in [-0.3, -0.25) is 9.25 Å². The van der Waals surface area contributed by atoms with Crippen molar-refractivity contribution < 1.29 is 0 Å². The number of fused-ring (bicyclic) bond motifs is 1. The highest BCUT2D eigenvalue weighted by molar-refractivity contribution is 7.71. The van der Waals surface area contributed by atoms with Crippen molar-refractivity contribution in [2.45, 2.75) is 27.3 Å². The fourth-order valence-corrected chi connectivity index (χ4v) is 3.70. The number of aryl methyl sites for hydroxylation is 4. The zero-order chi connectivity index (χ0) is 13.7. The predicted octanol–water partition coefficient (Wildman–Crippen LogP) is 3.47. The van der Waals surface area contributed by atoms with Crippen molar-refractivity contribution in [3.8, 4) is 0 Å². The average Bonchev–Trinajstić information content (AvgIpc) is 2.90. The standard InChI is InChI=1S/C13H16N4S2/c1-7-5-10(19-9(7)3)6-17-12-11(14-13(17)18)8(2)15-16(12)4/h5H,6H2,1-4H3,(H,14,18). The van der Waals surface area contributed by atoms with Crippen molar-refractivity contribution in [3.63, 3.8) is 0 Å². The van der Waals surface area contributed by atoms with E-state index in [2.05, 4.69) is 34.6 Å². The Kier molecular flexibility index (Phi) is 2.87. The van der Waals surface area contributed by atoms with Crippen molar-refractivity contribution >= 4 is 34.7 Å². The molecule has 0 amide bonds. The molecule has 6 heteroatoms. The second-order valence-electron chi connectivity index (χ2n) is 4.88. The highest BCUT2D eigenvalue weighted by atomic mass is 32.1. The van der Waals surface area contributed by atoms with Crippen molar-refractivity contribution in [2.24, 2.45) is 7.05 Å². The number of hydrogen-bond donors (Lipinski definition) is 1. The minimum Gasteiger partial charge on any atom is -0.328 e. The highest BCUT2D eigenvalue weighted by Gasteiger charge is 2.13. The molecular weight excluding hydrogens is 276 g/mol. The van der Waals surface area contributed by atoms with E-state index in [0.29, 0.717) is 0 Å². The molecule has 0 fully saturated rings. The Labute approximate surface area is 120 Å². The van der Waals surface area contributed by atoms with Gasteiger partial charge in [0.2, 0.25) is 0 Å². The smallest absolute Gasteiger partial charge is 0.179 e. The molecule has 4 nitrogen and oxygen atoms in total. The van der Waals surface area contributed by atoms with Gasteiger partial charge in [-0.1, -0.05) is 0 Å². The van der Waals surface area contributed by atoms with Crippen LogP contribution in [-0.2, 0) is 13.6 Å². The van der Waals surface area contributed by atoms with E-state index >= 15 is 0 Å². The summed E-state index contributed by atoms with van der Waals surface area (Å²) in [5.41, 5.74) is 4.43. The molecule has 0 atom stereocenters. The molecule has 1 N–H and O–H groups in total. The Morgan fingerprint density at radius 3 is 2.74 bits per heavy atom. The summed E-state index contributed by atoms with van der Waals surface area (Å²) in [7, 11) is 1.96. The number of thiophene rings is 1. The first-order valence-electron chi connectivity index (χ1n) is 6.15. The Balaban J connectivity index is 2.14. The maximum Gasteiger partial charge on any atom is 0.179 e. The molecule has 0 aromatic carbocycles. The third-order valence-electron chi connectivity index (χ3n) is 3.46. The Bertz CT molecular complexity index is 796. The lowest BCUT2D eigenvalue weighted by Crippen LogP contribution is -2.03. The van der Waals surface area contributed by atoms with Gasteiger partial charge < -0.3 is 4.98 Å². The first-order chi connectivity index (χ1) is 8.97. The number of hydrogen-bond acceptors (Lipinski definition) is 3.